The molecule has 0 aliphatic carbocycles. The molecule has 1 saturated heterocycles. The van der Waals surface area contributed by atoms with Crippen molar-refractivity contribution >= 4 is 0 Å². The van der Waals surface area contributed by atoms with Gasteiger partial charge in [-0.2, -0.15) is 0 Å². The third-order valence-electron chi connectivity index (χ3n) is 3.99. The minimum absolute atomic E-state index is 0.381. The SMILES string of the molecule is CC(CCN(C)Cc1ccccc1)C1(C)OCCO1. The standard InChI is InChI=1S/C16H25NO2/c1-14(16(2)18-11-12-19-16)9-10-17(3)13-15-7-5-4-6-8-15/h4-8,14H,9-13H2,1-3H3. The summed E-state index contributed by atoms with van der Waals surface area (Å²) >= 11 is 0. The first-order valence-corrected chi connectivity index (χ1v) is 7.10. The number of hydrogen-bond donors (Lipinski definition) is 0. The first kappa shape index (κ1) is 14.5. The Bertz CT molecular complexity index is 374. The van der Waals surface area contributed by atoms with Crippen LogP contribution in [-0.2, 0) is 16.0 Å². The molecule has 3 nitrogen and oxygen atoms in total. The average Bonchev–Trinajstić information content (AvgIpc) is 2.85. The van der Waals surface area contributed by atoms with Gasteiger partial charge in [0.2, 0.25) is 0 Å². The van der Waals surface area contributed by atoms with Crippen molar-refractivity contribution < 1.29 is 9.47 Å². The van der Waals surface area contributed by atoms with Crippen molar-refractivity contribution in [3.05, 3.63) is 35.9 Å². The maximum Gasteiger partial charge on any atom is 0.168 e. The fraction of sp³-hybridized carbons (Fsp3) is 0.625. The summed E-state index contributed by atoms with van der Waals surface area (Å²) < 4.78 is 11.4. The normalized spacial score (nSPS) is 19.8. The lowest BCUT2D eigenvalue weighted by Crippen LogP contribution is -2.36. The third kappa shape index (κ3) is 4.03. The highest BCUT2D eigenvalue weighted by Crippen LogP contribution is 2.29. The molecular weight excluding hydrogens is 238 g/mol. The van der Waals surface area contributed by atoms with Crippen LogP contribution in [0, 0.1) is 5.92 Å². The van der Waals surface area contributed by atoms with Crippen LogP contribution in [0.4, 0.5) is 0 Å². The smallest absolute Gasteiger partial charge is 0.168 e. The van der Waals surface area contributed by atoms with E-state index in [0.717, 1.165) is 32.7 Å². The van der Waals surface area contributed by atoms with Crippen LogP contribution in [-0.4, -0.2) is 37.5 Å². The molecule has 3 heteroatoms. The molecule has 19 heavy (non-hydrogen) atoms. The number of nitrogens with zero attached hydrogens (tertiary/aromatic N) is 1. The monoisotopic (exact) mass is 263 g/mol. The van der Waals surface area contributed by atoms with E-state index in [4.69, 9.17) is 9.47 Å². The summed E-state index contributed by atoms with van der Waals surface area (Å²) in [6.07, 6.45) is 1.08. The van der Waals surface area contributed by atoms with E-state index in [1.807, 2.05) is 0 Å². The van der Waals surface area contributed by atoms with Gasteiger partial charge in [-0.3, -0.25) is 0 Å². The van der Waals surface area contributed by atoms with Gasteiger partial charge in [0.1, 0.15) is 0 Å². The predicted molar refractivity (Wildman–Crippen MR) is 76.9 cm³/mol. The molecule has 0 amide bonds. The molecule has 0 spiro atoms. The molecule has 1 aliphatic rings. The molecule has 1 aliphatic heterocycles. The summed E-state index contributed by atoms with van der Waals surface area (Å²) in [6, 6.07) is 10.6. The molecule has 1 aromatic carbocycles. The Hall–Kier alpha value is -0.900. The van der Waals surface area contributed by atoms with Crippen LogP contribution in [0.25, 0.3) is 0 Å². The van der Waals surface area contributed by atoms with Crippen molar-refractivity contribution in [3.8, 4) is 0 Å². The van der Waals surface area contributed by atoms with Crippen LogP contribution in [0.3, 0.4) is 0 Å². The summed E-state index contributed by atoms with van der Waals surface area (Å²) in [6.45, 7) is 7.76. The lowest BCUT2D eigenvalue weighted by atomic mass is 9.98. The predicted octanol–water partition coefficient (Wildman–Crippen LogP) is 2.91. The van der Waals surface area contributed by atoms with Gasteiger partial charge in [0.15, 0.2) is 5.79 Å². The maximum absolute atomic E-state index is 5.71. The average molecular weight is 263 g/mol. The van der Waals surface area contributed by atoms with E-state index in [9.17, 15) is 0 Å². The maximum atomic E-state index is 5.71. The fourth-order valence-electron chi connectivity index (χ4n) is 2.47. The van der Waals surface area contributed by atoms with Crippen LogP contribution >= 0.6 is 0 Å². The van der Waals surface area contributed by atoms with E-state index in [0.29, 0.717) is 5.92 Å². The zero-order chi connectivity index (χ0) is 13.7. The van der Waals surface area contributed by atoms with Gasteiger partial charge in [0.05, 0.1) is 13.2 Å². The van der Waals surface area contributed by atoms with E-state index in [2.05, 4.69) is 56.1 Å². The van der Waals surface area contributed by atoms with Crippen molar-refractivity contribution in [2.45, 2.75) is 32.6 Å². The molecule has 106 valence electrons. The van der Waals surface area contributed by atoms with Gasteiger partial charge < -0.3 is 14.4 Å². The van der Waals surface area contributed by atoms with E-state index < -0.39 is 0 Å². The van der Waals surface area contributed by atoms with Crippen LogP contribution in [0.2, 0.25) is 0 Å². The van der Waals surface area contributed by atoms with Crippen molar-refractivity contribution in [2.75, 3.05) is 26.8 Å². The second-order valence-electron chi connectivity index (χ2n) is 5.63. The first-order chi connectivity index (χ1) is 9.10. The summed E-state index contributed by atoms with van der Waals surface area (Å²) in [5, 5.41) is 0. The van der Waals surface area contributed by atoms with Gasteiger partial charge in [-0.25, -0.2) is 0 Å². The second kappa shape index (κ2) is 6.51. The summed E-state index contributed by atoms with van der Waals surface area (Å²) in [5.74, 6) is 0.0290. The van der Waals surface area contributed by atoms with Gasteiger partial charge in [-0.05, 0) is 32.5 Å². The van der Waals surface area contributed by atoms with Crippen LogP contribution in [0.1, 0.15) is 25.8 Å². The van der Waals surface area contributed by atoms with Crippen molar-refractivity contribution in [2.24, 2.45) is 5.92 Å². The Kier molecular flexibility index (Phi) is 4.97. The molecule has 0 bridgehead atoms. The van der Waals surface area contributed by atoms with Crippen molar-refractivity contribution in [3.63, 3.8) is 0 Å². The Morgan fingerprint density at radius 2 is 1.84 bits per heavy atom. The molecule has 1 unspecified atom stereocenters. The zero-order valence-corrected chi connectivity index (χ0v) is 12.3. The highest BCUT2D eigenvalue weighted by atomic mass is 16.7. The minimum Gasteiger partial charge on any atom is -0.348 e. The molecule has 1 fully saturated rings. The van der Waals surface area contributed by atoms with Gasteiger partial charge in [-0.15, -0.1) is 0 Å². The van der Waals surface area contributed by atoms with Gasteiger partial charge >= 0.3 is 0 Å². The minimum atomic E-state index is -0.381. The third-order valence-corrected chi connectivity index (χ3v) is 3.99. The van der Waals surface area contributed by atoms with Crippen LogP contribution in [0.5, 0.6) is 0 Å². The summed E-state index contributed by atoms with van der Waals surface area (Å²) in [7, 11) is 2.17. The van der Waals surface area contributed by atoms with E-state index >= 15 is 0 Å². The molecule has 0 aromatic heterocycles. The lowest BCUT2D eigenvalue weighted by Gasteiger charge is -2.30. The molecule has 1 atom stereocenters. The van der Waals surface area contributed by atoms with Gasteiger partial charge in [0, 0.05) is 12.5 Å². The van der Waals surface area contributed by atoms with Crippen molar-refractivity contribution in [1.29, 1.82) is 0 Å². The molecule has 1 aromatic rings. The highest BCUT2D eigenvalue weighted by molar-refractivity contribution is 5.14. The largest absolute Gasteiger partial charge is 0.348 e. The topological polar surface area (TPSA) is 21.7 Å². The molecule has 0 radical (unpaired) electrons. The Morgan fingerprint density at radius 3 is 2.47 bits per heavy atom. The fourth-order valence-corrected chi connectivity index (χ4v) is 2.47. The molecular formula is C16H25NO2. The van der Waals surface area contributed by atoms with E-state index in [-0.39, 0.29) is 5.79 Å². The molecule has 0 N–H and O–H groups in total. The summed E-state index contributed by atoms with van der Waals surface area (Å²) in [5.41, 5.74) is 1.36. The quantitative estimate of drug-likeness (QED) is 0.787. The number of benzene rings is 1. The number of hydrogen-bond acceptors (Lipinski definition) is 3. The highest BCUT2D eigenvalue weighted by Gasteiger charge is 2.36. The first-order valence-electron chi connectivity index (χ1n) is 7.10. The zero-order valence-electron chi connectivity index (χ0n) is 12.3. The Labute approximate surface area is 116 Å². The number of rotatable bonds is 6. The van der Waals surface area contributed by atoms with Crippen LogP contribution in [0.15, 0.2) is 30.3 Å². The van der Waals surface area contributed by atoms with Gasteiger partial charge in [-0.1, -0.05) is 37.3 Å². The lowest BCUT2D eigenvalue weighted by molar-refractivity contribution is -0.179. The van der Waals surface area contributed by atoms with Crippen LogP contribution < -0.4 is 0 Å². The Balaban J connectivity index is 1.75. The van der Waals surface area contributed by atoms with Gasteiger partial charge in [0.25, 0.3) is 0 Å². The second-order valence-corrected chi connectivity index (χ2v) is 5.63. The molecule has 0 saturated carbocycles. The van der Waals surface area contributed by atoms with Crippen molar-refractivity contribution in [1.82, 2.24) is 4.90 Å². The summed E-state index contributed by atoms with van der Waals surface area (Å²) in [4.78, 5) is 2.35. The van der Waals surface area contributed by atoms with E-state index in [1.54, 1.807) is 0 Å². The molecule has 1 heterocycles. The van der Waals surface area contributed by atoms with E-state index in [1.165, 1.54) is 5.56 Å². The molecule has 2 rings (SSSR count). The number of ether oxygens (including phenoxy) is 2. The Morgan fingerprint density at radius 1 is 1.21 bits per heavy atom.